The summed E-state index contributed by atoms with van der Waals surface area (Å²) in [6, 6.07) is 12.0. The molecule has 0 saturated carbocycles. The smallest absolute Gasteiger partial charge is 0.270 e. The highest BCUT2D eigenvalue weighted by Gasteiger charge is 2.10. The third kappa shape index (κ3) is 6.91. The predicted molar refractivity (Wildman–Crippen MR) is 102 cm³/mol. The van der Waals surface area contributed by atoms with Crippen molar-refractivity contribution in [3.63, 3.8) is 0 Å². The van der Waals surface area contributed by atoms with E-state index in [0.717, 1.165) is 31.6 Å². The lowest BCUT2D eigenvalue weighted by Gasteiger charge is -2.09. The number of benzene rings is 1. The van der Waals surface area contributed by atoms with E-state index >= 15 is 0 Å². The quantitative estimate of drug-likeness (QED) is 0.647. The van der Waals surface area contributed by atoms with Gasteiger partial charge >= 0.3 is 0 Å². The Balaban J connectivity index is 1.80. The standard InChI is InChI=1S/C20H28N4O/c1-3-4-8-13-21-19-15-18(23-16(2)24-19)20(25)22-14-9-12-17-10-6-5-7-11-17/h5-7,10-11,15H,3-4,8-9,12-14H2,1-2H3,(H,22,25)(H,21,23,24). The summed E-state index contributed by atoms with van der Waals surface area (Å²) in [5.74, 6) is 1.18. The van der Waals surface area contributed by atoms with Gasteiger partial charge in [-0.2, -0.15) is 0 Å². The minimum absolute atomic E-state index is 0.143. The van der Waals surface area contributed by atoms with Crippen LogP contribution in [0.25, 0.3) is 0 Å². The highest BCUT2D eigenvalue weighted by atomic mass is 16.1. The number of nitrogens with zero attached hydrogens (tertiary/aromatic N) is 2. The van der Waals surface area contributed by atoms with Crippen LogP contribution in [0.3, 0.4) is 0 Å². The first-order valence-electron chi connectivity index (χ1n) is 9.10. The topological polar surface area (TPSA) is 66.9 Å². The highest BCUT2D eigenvalue weighted by molar-refractivity contribution is 5.92. The molecule has 0 spiro atoms. The molecular formula is C20H28N4O. The molecule has 2 aromatic rings. The Labute approximate surface area is 150 Å². The monoisotopic (exact) mass is 340 g/mol. The van der Waals surface area contributed by atoms with Crippen molar-refractivity contribution in [2.45, 2.75) is 46.0 Å². The molecule has 0 aliphatic rings. The molecule has 25 heavy (non-hydrogen) atoms. The molecule has 0 unspecified atom stereocenters. The average Bonchev–Trinajstić information content (AvgIpc) is 2.62. The van der Waals surface area contributed by atoms with Crippen LogP contribution in [0.2, 0.25) is 0 Å². The van der Waals surface area contributed by atoms with Crippen LogP contribution in [-0.2, 0) is 6.42 Å². The fourth-order valence-corrected chi connectivity index (χ4v) is 2.60. The Morgan fingerprint density at radius 1 is 1.04 bits per heavy atom. The lowest BCUT2D eigenvalue weighted by Crippen LogP contribution is -2.26. The zero-order valence-electron chi connectivity index (χ0n) is 15.2. The molecule has 0 bridgehead atoms. The number of anilines is 1. The van der Waals surface area contributed by atoms with E-state index in [1.54, 1.807) is 6.07 Å². The van der Waals surface area contributed by atoms with Gasteiger partial charge in [0.05, 0.1) is 0 Å². The van der Waals surface area contributed by atoms with Gasteiger partial charge in [0.1, 0.15) is 17.3 Å². The van der Waals surface area contributed by atoms with Gasteiger partial charge in [0.25, 0.3) is 5.91 Å². The molecule has 5 heteroatoms. The van der Waals surface area contributed by atoms with Crippen LogP contribution in [-0.4, -0.2) is 29.0 Å². The predicted octanol–water partition coefficient (Wildman–Crippen LogP) is 3.75. The molecular weight excluding hydrogens is 312 g/mol. The maximum Gasteiger partial charge on any atom is 0.270 e. The van der Waals surface area contributed by atoms with E-state index in [4.69, 9.17) is 0 Å². The van der Waals surface area contributed by atoms with Gasteiger partial charge in [-0.05, 0) is 31.7 Å². The molecule has 0 radical (unpaired) electrons. The fourth-order valence-electron chi connectivity index (χ4n) is 2.60. The molecule has 2 N–H and O–H groups in total. The van der Waals surface area contributed by atoms with Gasteiger partial charge < -0.3 is 10.6 Å². The maximum atomic E-state index is 12.3. The molecule has 0 aliphatic heterocycles. The minimum Gasteiger partial charge on any atom is -0.370 e. The molecule has 0 aliphatic carbocycles. The second-order valence-corrected chi connectivity index (χ2v) is 6.16. The van der Waals surface area contributed by atoms with Crippen molar-refractivity contribution < 1.29 is 4.79 Å². The first-order chi connectivity index (χ1) is 12.2. The second-order valence-electron chi connectivity index (χ2n) is 6.16. The summed E-state index contributed by atoms with van der Waals surface area (Å²) >= 11 is 0. The third-order valence-electron chi connectivity index (χ3n) is 3.93. The van der Waals surface area contributed by atoms with Gasteiger partial charge in [0.15, 0.2) is 0 Å². The first-order valence-corrected chi connectivity index (χ1v) is 9.10. The van der Waals surface area contributed by atoms with Crippen LogP contribution in [0.4, 0.5) is 5.82 Å². The second kappa shape index (κ2) is 10.4. The van der Waals surface area contributed by atoms with Crippen molar-refractivity contribution in [1.82, 2.24) is 15.3 Å². The fraction of sp³-hybridized carbons (Fsp3) is 0.450. The van der Waals surface area contributed by atoms with Gasteiger partial charge in [-0.3, -0.25) is 4.79 Å². The van der Waals surface area contributed by atoms with E-state index in [-0.39, 0.29) is 5.91 Å². The molecule has 1 amide bonds. The van der Waals surface area contributed by atoms with Crippen molar-refractivity contribution in [2.24, 2.45) is 0 Å². The number of rotatable bonds is 10. The molecule has 1 aromatic carbocycles. The van der Waals surface area contributed by atoms with Crippen molar-refractivity contribution in [1.29, 1.82) is 0 Å². The molecule has 0 saturated heterocycles. The number of carbonyl (C=O) groups is 1. The first kappa shape index (κ1) is 18.9. The molecule has 134 valence electrons. The third-order valence-corrected chi connectivity index (χ3v) is 3.93. The number of aromatic nitrogens is 2. The summed E-state index contributed by atoms with van der Waals surface area (Å²) in [6.45, 7) is 5.48. The Morgan fingerprint density at radius 3 is 2.60 bits per heavy atom. The zero-order valence-corrected chi connectivity index (χ0v) is 15.2. The van der Waals surface area contributed by atoms with Gasteiger partial charge in [-0.25, -0.2) is 9.97 Å². The zero-order chi connectivity index (χ0) is 17.9. The van der Waals surface area contributed by atoms with Crippen LogP contribution in [0, 0.1) is 6.92 Å². The lowest BCUT2D eigenvalue weighted by atomic mass is 10.1. The summed E-state index contributed by atoms with van der Waals surface area (Å²) in [5.41, 5.74) is 1.71. The summed E-state index contributed by atoms with van der Waals surface area (Å²) < 4.78 is 0. The highest BCUT2D eigenvalue weighted by Crippen LogP contribution is 2.08. The molecule has 1 heterocycles. The van der Waals surface area contributed by atoms with Crippen LogP contribution in [0.5, 0.6) is 0 Å². The molecule has 2 rings (SSSR count). The van der Waals surface area contributed by atoms with Gasteiger partial charge in [-0.1, -0.05) is 50.1 Å². The van der Waals surface area contributed by atoms with Crippen LogP contribution in [0.15, 0.2) is 36.4 Å². The number of hydrogen-bond acceptors (Lipinski definition) is 4. The number of hydrogen-bond donors (Lipinski definition) is 2. The van der Waals surface area contributed by atoms with E-state index < -0.39 is 0 Å². The Kier molecular flexibility index (Phi) is 7.89. The Bertz CT molecular complexity index is 658. The van der Waals surface area contributed by atoms with E-state index in [9.17, 15) is 4.79 Å². The number of nitrogens with one attached hydrogen (secondary N) is 2. The summed E-state index contributed by atoms with van der Waals surface area (Å²) in [4.78, 5) is 20.9. The molecule has 5 nitrogen and oxygen atoms in total. The van der Waals surface area contributed by atoms with E-state index in [1.807, 2.05) is 25.1 Å². The van der Waals surface area contributed by atoms with Crippen molar-refractivity contribution in [3.8, 4) is 0 Å². The van der Waals surface area contributed by atoms with Crippen LogP contribution in [0.1, 0.15) is 54.5 Å². The number of unbranched alkanes of at least 4 members (excludes halogenated alkanes) is 2. The average molecular weight is 340 g/mol. The van der Waals surface area contributed by atoms with Crippen LogP contribution >= 0.6 is 0 Å². The molecule has 0 atom stereocenters. The van der Waals surface area contributed by atoms with Crippen LogP contribution < -0.4 is 10.6 Å². The number of amides is 1. The number of carbonyl (C=O) groups excluding carboxylic acids is 1. The van der Waals surface area contributed by atoms with Gasteiger partial charge in [0.2, 0.25) is 0 Å². The maximum absolute atomic E-state index is 12.3. The normalized spacial score (nSPS) is 10.5. The molecule has 1 aromatic heterocycles. The summed E-state index contributed by atoms with van der Waals surface area (Å²) in [6.07, 6.45) is 5.32. The van der Waals surface area contributed by atoms with Crippen molar-refractivity contribution >= 4 is 11.7 Å². The Hall–Kier alpha value is -2.43. The molecule has 0 fully saturated rings. The van der Waals surface area contributed by atoms with E-state index in [2.05, 4.69) is 39.7 Å². The number of aryl methyl sites for hydroxylation is 2. The van der Waals surface area contributed by atoms with E-state index in [1.165, 1.54) is 18.4 Å². The van der Waals surface area contributed by atoms with Crippen molar-refractivity contribution in [3.05, 3.63) is 53.5 Å². The van der Waals surface area contributed by atoms with Gasteiger partial charge in [0, 0.05) is 19.2 Å². The van der Waals surface area contributed by atoms with E-state index in [0.29, 0.717) is 18.1 Å². The SMILES string of the molecule is CCCCCNc1cc(C(=O)NCCCc2ccccc2)nc(C)n1. The van der Waals surface area contributed by atoms with Crippen molar-refractivity contribution in [2.75, 3.05) is 18.4 Å². The summed E-state index contributed by atoms with van der Waals surface area (Å²) in [7, 11) is 0. The lowest BCUT2D eigenvalue weighted by molar-refractivity contribution is 0.0948. The Morgan fingerprint density at radius 2 is 1.84 bits per heavy atom. The largest absolute Gasteiger partial charge is 0.370 e. The summed E-state index contributed by atoms with van der Waals surface area (Å²) in [5, 5.41) is 6.22. The minimum atomic E-state index is -0.143. The van der Waals surface area contributed by atoms with Gasteiger partial charge in [-0.15, -0.1) is 0 Å².